The van der Waals surface area contributed by atoms with Gasteiger partial charge < -0.3 is 10.3 Å². The first-order valence-corrected chi connectivity index (χ1v) is 7.02. The highest BCUT2D eigenvalue weighted by Crippen LogP contribution is 2.21. The molecule has 0 spiro atoms. The van der Waals surface area contributed by atoms with Crippen molar-refractivity contribution in [3.05, 3.63) is 84.2 Å². The van der Waals surface area contributed by atoms with Gasteiger partial charge in [0, 0.05) is 16.0 Å². The van der Waals surface area contributed by atoms with Gasteiger partial charge in [0.25, 0.3) is 0 Å². The van der Waals surface area contributed by atoms with Gasteiger partial charge in [-0.2, -0.15) is 4.79 Å². The van der Waals surface area contributed by atoms with E-state index in [9.17, 15) is 15.1 Å². The minimum absolute atomic E-state index is 0.130. The van der Waals surface area contributed by atoms with E-state index in [1.807, 2.05) is 0 Å². The Morgan fingerprint density at radius 2 is 1.57 bits per heavy atom. The molecule has 23 heavy (non-hydrogen) atoms. The lowest BCUT2D eigenvalue weighted by Crippen LogP contribution is -2.20. The van der Waals surface area contributed by atoms with E-state index in [0.717, 1.165) is 0 Å². The van der Waals surface area contributed by atoms with Gasteiger partial charge in [0.05, 0.1) is 17.9 Å². The molecular weight excluding hydrogens is 292 g/mol. The molecule has 0 saturated heterocycles. The van der Waals surface area contributed by atoms with E-state index in [1.54, 1.807) is 42.5 Å². The van der Waals surface area contributed by atoms with Gasteiger partial charge in [-0.3, -0.25) is 9.59 Å². The van der Waals surface area contributed by atoms with Crippen LogP contribution in [-0.2, 0) is 0 Å². The molecule has 0 N–H and O–H groups in total. The van der Waals surface area contributed by atoms with Crippen molar-refractivity contribution in [3.8, 4) is 5.75 Å². The second-order valence-corrected chi connectivity index (χ2v) is 5.29. The van der Waals surface area contributed by atoms with E-state index < -0.39 is 0 Å². The van der Waals surface area contributed by atoms with Crippen LogP contribution >= 0.6 is 0 Å². The second-order valence-electron chi connectivity index (χ2n) is 5.29. The van der Waals surface area contributed by atoms with Crippen LogP contribution in [0.5, 0.6) is 5.75 Å². The third-order valence-corrected chi connectivity index (χ3v) is 4.21. The Hall–Kier alpha value is -3.30. The minimum atomic E-state index is -0.365. The van der Waals surface area contributed by atoms with Crippen molar-refractivity contribution < 1.29 is 9.53 Å². The summed E-state index contributed by atoms with van der Waals surface area (Å²) in [5.41, 5.74) is 8.76. The van der Waals surface area contributed by atoms with E-state index in [2.05, 4.69) is 4.79 Å². The number of methoxy groups -OCH3 is 1. The van der Waals surface area contributed by atoms with Crippen LogP contribution < -0.4 is 21.0 Å². The van der Waals surface area contributed by atoms with E-state index in [-0.39, 0.29) is 26.8 Å². The molecule has 0 amide bonds. The largest absolute Gasteiger partial charge is 0.496 e. The van der Waals surface area contributed by atoms with Crippen LogP contribution in [0.15, 0.2) is 52.1 Å². The van der Waals surface area contributed by atoms with Crippen molar-refractivity contribution in [2.24, 2.45) is 0 Å². The highest BCUT2D eigenvalue weighted by Gasteiger charge is 2.20. The molecule has 0 aromatic heterocycles. The molecule has 0 heterocycles. The minimum Gasteiger partial charge on any atom is -0.496 e. The molecule has 110 valence electrons. The number of fused-ring (bicyclic) bond motifs is 3. The number of ether oxygens (including phenoxy) is 1. The first-order chi connectivity index (χ1) is 11.2. The summed E-state index contributed by atoms with van der Waals surface area (Å²) in [7, 11) is 1.45. The van der Waals surface area contributed by atoms with Crippen LogP contribution in [0.3, 0.4) is 0 Å². The Morgan fingerprint density at radius 1 is 0.870 bits per heavy atom. The number of hydrogen-bond donors (Lipinski definition) is 0. The topological polar surface area (TPSA) is 79.8 Å². The predicted octanol–water partition coefficient (Wildman–Crippen LogP) is 1.45. The molecule has 2 aromatic rings. The van der Waals surface area contributed by atoms with Crippen LogP contribution in [-0.4, -0.2) is 11.9 Å². The van der Waals surface area contributed by atoms with E-state index in [1.165, 1.54) is 7.11 Å². The summed E-state index contributed by atoms with van der Waals surface area (Å²) in [5, 5.41) is 2.27. The zero-order valence-corrected chi connectivity index (χ0v) is 12.2. The Kier molecular flexibility index (Phi) is 2.67. The fourth-order valence-electron chi connectivity index (χ4n) is 3.24. The number of rotatable bonds is 1. The molecule has 0 fully saturated rings. The van der Waals surface area contributed by atoms with Crippen molar-refractivity contribution in [2.45, 2.75) is 0 Å². The maximum absolute atomic E-state index is 13.0. The molecule has 0 bridgehead atoms. The monoisotopic (exact) mass is 302 g/mol. The fraction of sp³-hybridized carbons (Fsp3) is 0.0556. The number of nitrogens with zero attached hydrogens (tertiary/aromatic N) is 2. The maximum atomic E-state index is 13.0. The molecule has 2 aliphatic rings. The Balaban J connectivity index is 2.58. The predicted molar refractivity (Wildman–Crippen MR) is 85.0 cm³/mol. The second kappa shape index (κ2) is 4.60. The third-order valence-electron chi connectivity index (χ3n) is 4.21. The van der Waals surface area contributed by atoms with Gasteiger partial charge in [-0.1, -0.05) is 30.3 Å². The summed E-state index contributed by atoms with van der Waals surface area (Å²) >= 11 is 0. The van der Waals surface area contributed by atoms with Gasteiger partial charge in [0.15, 0.2) is 5.43 Å². The molecule has 0 saturated carbocycles. The summed E-state index contributed by atoms with van der Waals surface area (Å²) < 4.78 is 5.23. The van der Waals surface area contributed by atoms with Crippen LogP contribution in [0, 0.1) is 10.4 Å². The highest BCUT2D eigenvalue weighted by atomic mass is 16.5. The third kappa shape index (κ3) is 1.57. The maximum Gasteiger partial charge on any atom is 0.335 e. The molecule has 0 unspecified atom stereocenters. The fourth-order valence-corrected chi connectivity index (χ4v) is 3.24. The van der Waals surface area contributed by atoms with Crippen molar-refractivity contribution >= 4 is 21.5 Å². The molecule has 0 atom stereocenters. The Morgan fingerprint density at radius 3 is 2.26 bits per heavy atom. The van der Waals surface area contributed by atoms with E-state index in [4.69, 9.17) is 4.74 Å². The Labute approximate surface area is 129 Å². The van der Waals surface area contributed by atoms with Gasteiger partial charge in [-0.25, -0.2) is 0 Å². The summed E-state index contributed by atoms with van der Waals surface area (Å²) in [5.74, 6) is 0.334. The number of hydrogen-bond acceptors (Lipinski definition) is 3. The summed E-state index contributed by atoms with van der Waals surface area (Å²) in [6, 6.07) is 11.9. The van der Waals surface area contributed by atoms with E-state index in [0.29, 0.717) is 27.1 Å². The molecular formula is C18H10N2O3. The average Bonchev–Trinajstić information content (AvgIpc) is 2.93. The van der Waals surface area contributed by atoms with Crippen molar-refractivity contribution in [3.63, 3.8) is 0 Å². The van der Waals surface area contributed by atoms with Crippen LogP contribution in [0.25, 0.3) is 27.1 Å². The lowest BCUT2D eigenvalue weighted by molar-refractivity contribution is -0.0635. The molecule has 4 rings (SSSR count). The van der Waals surface area contributed by atoms with Gasteiger partial charge >= 0.3 is 5.36 Å². The molecule has 0 radical (unpaired) electrons. The smallest absolute Gasteiger partial charge is 0.335 e. The van der Waals surface area contributed by atoms with Crippen molar-refractivity contribution in [2.75, 3.05) is 7.11 Å². The quantitative estimate of drug-likeness (QED) is 0.394. The average molecular weight is 302 g/mol. The summed E-state index contributed by atoms with van der Waals surface area (Å²) in [6.07, 6.45) is 0. The molecule has 2 aromatic carbocycles. The normalized spacial score (nSPS) is 11.2. The standard InChI is InChI=1S/C18H10N2O3/c1-23-12-8-4-7-11-13(12)18(22)15-14(17(11)21)9-5-2-3-6-10(9)16(15)20-19/h2-8H,1H3. The van der Waals surface area contributed by atoms with Crippen LogP contribution in [0.4, 0.5) is 0 Å². The van der Waals surface area contributed by atoms with E-state index >= 15 is 0 Å². The summed E-state index contributed by atoms with van der Waals surface area (Å²) in [6.45, 7) is 0. The summed E-state index contributed by atoms with van der Waals surface area (Å²) in [4.78, 5) is 29.2. The number of benzene rings is 2. The van der Waals surface area contributed by atoms with Crippen molar-refractivity contribution in [1.82, 2.24) is 0 Å². The molecule has 2 aliphatic carbocycles. The van der Waals surface area contributed by atoms with Gasteiger partial charge in [-0.05, 0) is 12.1 Å². The van der Waals surface area contributed by atoms with Gasteiger partial charge in [0.2, 0.25) is 5.43 Å². The van der Waals surface area contributed by atoms with Gasteiger partial charge in [0.1, 0.15) is 11.0 Å². The lowest BCUT2D eigenvalue weighted by atomic mass is 10.1. The zero-order valence-electron chi connectivity index (χ0n) is 12.2. The van der Waals surface area contributed by atoms with Crippen LogP contribution in [0.1, 0.15) is 0 Å². The molecule has 5 nitrogen and oxygen atoms in total. The highest BCUT2D eigenvalue weighted by molar-refractivity contribution is 5.92. The van der Waals surface area contributed by atoms with Crippen LogP contribution in [0.2, 0.25) is 0 Å². The van der Waals surface area contributed by atoms with Crippen molar-refractivity contribution in [1.29, 1.82) is 0 Å². The SMILES string of the molecule is COc1cccc2c(=O)c3c4ccccc4c(=[N+]=[N-])c=3c(=O)c12. The zero-order chi connectivity index (χ0) is 16.1. The molecule has 5 heteroatoms. The molecule has 0 aliphatic heterocycles. The first kappa shape index (κ1) is 13.4. The Bertz CT molecular complexity index is 1340. The van der Waals surface area contributed by atoms with Gasteiger partial charge in [-0.15, -0.1) is 0 Å². The lowest BCUT2D eigenvalue weighted by Gasteiger charge is -2.02. The first-order valence-electron chi connectivity index (χ1n) is 7.02.